The molecule has 1 aliphatic rings. The molecular formula is C20H25N5O4. The van der Waals surface area contributed by atoms with Crippen LogP contribution in [0.25, 0.3) is 0 Å². The van der Waals surface area contributed by atoms with Gasteiger partial charge in [0, 0.05) is 50.9 Å². The number of anilines is 2. The highest BCUT2D eigenvalue weighted by Gasteiger charge is 2.21. The topological polar surface area (TPSA) is 96.9 Å². The summed E-state index contributed by atoms with van der Waals surface area (Å²) in [6.45, 7) is 5.90. The van der Waals surface area contributed by atoms with Crippen molar-refractivity contribution in [3.05, 3.63) is 35.8 Å². The van der Waals surface area contributed by atoms with Crippen molar-refractivity contribution in [2.24, 2.45) is 0 Å². The summed E-state index contributed by atoms with van der Waals surface area (Å²) in [4.78, 5) is 36.9. The van der Waals surface area contributed by atoms with E-state index in [1.54, 1.807) is 50.1 Å². The fraction of sp³-hybridized carbons (Fsp3) is 0.400. The molecule has 154 valence electrons. The van der Waals surface area contributed by atoms with Crippen LogP contribution >= 0.6 is 0 Å². The summed E-state index contributed by atoms with van der Waals surface area (Å²) in [6, 6.07) is 6.81. The maximum absolute atomic E-state index is 12.8. The van der Waals surface area contributed by atoms with Crippen LogP contribution in [0.5, 0.6) is 11.5 Å². The zero-order valence-corrected chi connectivity index (χ0v) is 17.1. The van der Waals surface area contributed by atoms with E-state index < -0.39 is 0 Å². The van der Waals surface area contributed by atoms with E-state index >= 15 is 0 Å². The lowest BCUT2D eigenvalue weighted by Gasteiger charge is -2.35. The predicted molar refractivity (Wildman–Crippen MR) is 109 cm³/mol. The van der Waals surface area contributed by atoms with Crippen molar-refractivity contribution in [3.8, 4) is 11.5 Å². The first-order valence-corrected chi connectivity index (χ1v) is 9.30. The van der Waals surface area contributed by atoms with Gasteiger partial charge in [0.05, 0.1) is 14.2 Å². The third-order valence-electron chi connectivity index (χ3n) is 4.75. The first-order chi connectivity index (χ1) is 13.9. The van der Waals surface area contributed by atoms with Crippen LogP contribution in [0.1, 0.15) is 23.2 Å². The molecule has 0 radical (unpaired) electrons. The van der Waals surface area contributed by atoms with Crippen LogP contribution < -0.4 is 19.7 Å². The second-order valence-corrected chi connectivity index (χ2v) is 6.68. The van der Waals surface area contributed by atoms with Crippen LogP contribution in [0.2, 0.25) is 0 Å². The summed E-state index contributed by atoms with van der Waals surface area (Å²) in [7, 11) is 3.09. The van der Waals surface area contributed by atoms with Gasteiger partial charge in [-0.1, -0.05) is 0 Å². The molecule has 1 saturated heterocycles. The van der Waals surface area contributed by atoms with Gasteiger partial charge in [-0.15, -0.1) is 0 Å². The van der Waals surface area contributed by atoms with Crippen LogP contribution in [-0.2, 0) is 4.79 Å². The van der Waals surface area contributed by atoms with Gasteiger partial charge in [0.15, 0.2) is 11.5 Å². The van der Waals surface area contributed by atoms with Crippen LogP contribution in [0.15, 0.2) is 24.3 Å². The van der Waals surface area contributed by atoms with Crippen molar-refractivity contribution in [1.82, 2.24) is 14.9 Å². The fourth-order valence-corrected chi connectivity index (χ4v) is 3.19. The Morgan fingerprint density at radius 3 is 2.31 bits per heavy atom. The predicted octanol–water partition coefficient (Wildman–Crippen LogP) is 1.72. The second kappa shape index (κ2) is 8.76. The van der Waals surface area contributed by atoms with Crippen molar-refractivity contribution < 1.29 is 19.1 Å². The molecule has 9 heteroatoms. The second-order valence-electron chi connectivity index (χ2n) is 6.68. The average Bonchev–Trinajstić information content (AvgIpc) is 2.73. The summed E-state index contributed by atoms with van der Waals surface area (Å²) < 4.78 is 10.5. The number of aromatic nitrogens is 2. The van der Waals surface area contributed by atoms with Crippen LogP contribution in [-0.4, -0.2) is 67.1 Å². The first kappa shape index (κ1) is 20.4. The molecule has 0 unspecified atom stereocenters. The summed E-state index contributed by atoms with van der Waals surface area (Å²) >= 11 is 0. The van der Waals surface area contributed by atoms with Gasteiger partial charge in [-0.2, -0.15) is 0 Å². The van der Waals surface area contributed by atoms with Gasteiger partial charge in [-0.05, 0) is 19.1 Å². The number of carbonyl (C=O) groups is 2. The SMILES string of the molecule is COc1ccc(NC(=O)c2cc(N3CCN(C(C)=O)CC3)nc(C)n2)cc1OC. The van der Waals surface area contributed by atoms with E-state index in [0.717, 1.165) is 0 Å². The zero-order valence-electron chi connectivity index (χ0n) is 17.1. The number of nitrogens with one attached hydrogen (secondary N) is 1. The summed E-state index contributed by atoms with van der Waals surface area (Å²) in [6.07, 6.45) is 0. The molecule has 29 heavy (non-hydrogen) atoms. The van der Waals surface area contributed by atoms with Gasteiger partial charge >= 0.3 is 0 Å². The third-order valence-corrected chi connectivity index (χ3v) is 4.75. The lowest BCUT2D eigenvalue weighted by molar-refractivity contribution is -0.129. The molecule has 1 N–H and O–H groups in total. The van der Waals surface area contributed by atoms with Gasteiger partial charge in [0.25, 0.3) is 5.91 Å². The van der Waals surface area contributed by atoms with Crippen molar-refractivity contribution in [2.45, 2.75) is 13.8 Å². The maximum atomic E-state index is 12.8. The fourth-order valence-electron chi connectivity index (χ4n) is 3.19. The number of carbonyl (C=O) groups excluding carboxylic acids is 2. The number of hydrogen-bond donors (Lipinski definition) is 1. The minimum atomic E-state index is -0.341. The minimum Gasteiger partial charge on any atom is -0.493 e. The van der Waals surface area contributed by atoms with Gasteiger partial charge in [0.2, 0.25) is 5.91 Å². The first-order valence-electron chi connectivity index (χ1n) is 9.30. The Balaban J connectivity index is 1.76. The van der Waals surface area contributed by atoms with Gasteiger partial charge in [0.1, 0.15) is 17.3 Å². The number of aryl methyl sites for hydroxylation is 1. The molecule has 1 aromatic carbocycles. The highest BCUT2D eigenvalue weighted by Crippen LogP contribution is 2.30. The monoisotopic (exact) mass is 399 g/mol. The Morgan fingerprint density at radius 1 is 1.00 bits per heavy atom. The van der Waals surface area contributed by atoms with Gasteiger partial charge in [-0.3, -0.25) is 9.59 Å². The summed E-state index contributed by atoms with van der Waals surface area (Å²) in [5.74, 6) is 2.01. The zero-order chi connectivity index (χ0) is 21.0. The van der Waals surface area contributed by atoms with Crippen molar-refractivity contribution in [3.63, 3.8) is 0 Å². The van der Waals surface area contributed by atoms with Crippen LogP contribution in [0.4, 0.5) is 11.5 Å². The Labute approximate surface area is 169 Å². The highest BCUT2D eigenvalue weighted by atomic mass is 16.5. The molecule has 0 saturated carbocycles. The van der Waals surface area contributed by atoms with Gasteiger partial charge in [-0.25, -0.2) is 9.97 Å². The smallest absolute Gasteiger partial charge is 0.274 e. The largest absolute Gasteiger partial charge is 0.493 e. The number of hydrogen-bond acceptors (Lipinski definition) is 7. The van der Waals surface area contributed by atoms with E-state index in [9.17, 15) is 9.59 Å². The lowest BCUT2D eigenvalue weighted by atomic mass is 10.2. The van der Waals surface area contributed by atoms with E-state index in [0.29, 0.717) is 55.0 Å². The Kier molecular flexibility index (Phi) is 6.16. The lowest BCUT2D eigenvalue weighted by Crippen LogP contribution is -2.48. The van der Waals surface area contributed by atoms with E-state index in [2.05, 4.69) is 20.2 Å². The number of methoxy groups -OCH3 is 2. The third kappa shape index (κ3) is 4.74. The summed E-state index contributed by atoms with van der Waals surface area (Å²) in [5, 5.41) is 2.83. The quantitative estimate of drug-likeness (QED) is 0.818. The molecule has 3 rings (SSSR count). The summed E-state index contributed by atoms with van der Waals surface area (Å²) in [5.41, 5.74) is 0.844. The van der Waals surface area contributed by atoms with Crippen LogP contribution in [0, 0.1) is 6.92 Å². The normalized spacial score (nSPS) is 13.8. The molecule has 0 spiro atoms. The number of rotatable bonds is 5. The number of piperazine rings is 1. The number of benzene rings is 1. The van der Waals surface area contributed by atoms with E-state index in [1.165, 1.54) is 7.11 Å². The number of amides is 2. The molecule has 1 aromatic heterocycles. The van der Waals surface area contributed by atoms with Crippen molar-refractivity contribution in [1.29, 1.82) is 0 Å². The van der Waals surface area contributed by atoms with Crippen molar-refractivity contribution >= 4 is 23.3 Å². The number of ether oxygens (including phenoxy) is 2. The Morgan fingerprint density at radius 2 is 1.69 bits per heavy atom. The molecule has 1 aliphatic heterocycles. The molecule has 0 bridgehead atoms. The molecule has 1 fully saturated rings. The molecule has 0 atom stereocenters. The standard InChI is InChI=1S/C20H25N5O4/c1-13-21-16(12-19(22-13)25-9-7-24(8-10-25)14(2)26)20(27)23-15-5-6-17(28-3)18(11-15)29-4/h5-6,11-12H,7-10H2,1-4H3,(H,23,27). The van der Waals surface area contributed by atoms with Crippen LogP contribution in [0.3, 0.4) is 0 Å². The number of nitrogens with zero attached hydrogens (tertiary/aromatic N) is 4. The van der Waals surface area contributed by atoms with Gasteiger partial charge < -0.3 is 24.6 Å². The molecule has 2 amide bonds. The van der Waals surface area contributed by atoms with E-state index in [4.69, 9.17) is 9.47 Å². The molecule has 2 heterocycles. The molecule has 2 aromatic rings. The highest BCUT2D eigenvalue weighted by molar-refractivity contribution is 6.03. The Hall–Kier alpha value is -3.36. The Bertz CT molecular complexity index is 910. The molecule has 0 aliphatic carbocycles. The molecule has 9 nitrogen and oxygen atoms in total. The van der Waals surface area contributed by atoms with Crippen molar-refractivity contribution in [2.75, 3.05) is 50.6 Å². The minimum absolute atomic E-state index is 0.0681. The maximum Gasteiger partial charge on any atom is 0.274 e. The van der Waals surface area contributed by atoms with E-state index in [1.807, 2.05) is 0 Å². The van der Waals surface area contributed by atoms with E-state index in [-0.39, 0.29) is 17.5 Å². The molecular weight excluding hydrogens is 374 g/mol. The average molecular weight is 399 g/mol.